The van der Waals surface area contributed by atoms with Gasteiger partial charge in [0.05, 0.1) is 5.69 Å². The van der Waals surface area contributed by atoms with E-state index in [0.717, 1.165) is 10.0 Å². The monoisotopic (exact) mass is 308 g/mol. The number of H-pyrrole nitrogens is 1. The van der Waals surface area contributed by atoms with Gasteiger partial charge in [-0.25, -0.2) is 4.79 Å². The fourth-order valence-corrected chi connectivity index (χ4v) is 2.57. The molecule has 2 N–H and O–H groups in total. The summed E-state index contributed by atoms with van der Waals surface area (Å²) in [6, 6.07) is 7.46. The van der Waals surface area contributed by atoms with Gasteiger partial charge < -0.3 is 5.11 Å². The Labute approximate surface area is 113 Å². The molecule has 0 spiro atoms. The van der Waals surface area contributed by atoms with E-state index in [2.05, 4.69) is 40.0 Å². The van der Waals surface area contributed by atoms with Crippen molar-refractivity contribution in [3.63, 3.8) is 0 Å². The maximum Gasteiger partial charge on any atom is 0.353 e. The number of nitrogens with zero attached hydrogens (tertiary/aromatic N) is 1. The van der Waals surface area contributed by atoms with Crippen molar-refractivity contribution in [3.8, 4) is 11.3 Å². The Kier molecular flexibility index (Phi) is 3.52. The highest BCUT2D eigenvalue weighted by atomic mass is 79.9. The molecule has 0 aliphatic rings. The summed E-state index contributed by atoms with van der Waals surface area (Å²) in [5.41, 5.74) is 2.82. The number of aromatic amines is 1. The molecule has 1 aromatic heterocycles. The third kappa shape index (κ3) is 2.46. The zero-order chi connectivity index (χ0) is 13.3. The van der Waals surface area contributed by atoms with E-state index in [1.807, 2.05) is 18.2 Å². The minimum absolute atomic E-state index is 0.0917. The molecule has 94 valence electrons. The second kappa shape index (κ2) is 4.94. The van der Waals surface area contributed by atoms with Crippen LogP contribution in [0.1, 0.15) is 35.8 Å². The lowest BCUT2D eigenvalue weighted by molar-refractivity contribution is 0.0690. The van der Waals surface area contributed by atoms with Crippen LogP contribution in [0.3, 0.4) is 0 Å². The van der Waals surface area contributed by atoms with Crippen LogP contribution in [0.2, 0.25) is 0 Å². The number of aromatic carboxylic acids is 1. The highest BCUT2D eigenvalue weighted by Gasteiger charge is 2.11. The molecule has 0 atom stereocenters. The molecule has 0 amide bonds. The Bertz CT molecular complexity index is 590. The molecule has 18 heavy (non-hydrogen) atoms. The van der Waals surface area contributed by atoms with E-state index >= 15 is 0 Å². The van der Waals surface area contributed by atoms with Gasteiger partial charge in [0, 0.05) is 10.0 Å². The lowest BCUT2D eigenvalue weighted by Crippen LogP contribution is -1.95. The molecule has 0 aliphatic heterocycles. The predicted octanol–water partition coefficient (Wildman–Crippen LogP) is 3.66. The molecular weight excluding hydrogens is 296 g/mol. The maximum absolute atomic E-state index is 10.8. The van der Waals surface area contributed by atoms with Crippen molar-refractivity contribution in [2.75, 3.05) is 0 Å². The van der Waals surface area contributed by atoms with Gasteiger partial charge in [-0.05, 0) is 23.6 Å². The number of halogens is 1. The van der Waals surface area contributed by atoms with Crippen LogP contribution < -0.4 is 0 Å². The summed E-state index contributed by atoms with van der Waals surface area (Å²) in [4.78, 5) is 10.8. The maximum atomic E-state index is 10.8. The normalized spacial score (nSPS) is 10.9. The number of carboxylic acid groups (broad SMARTS) is 1. The van der Waals surface area contributed by atoms with Gasteiger partial charge in [-0.3, -0.25) is 5.10 Å². The van der Waals surface area contributed by atoms with E-state index in [4.69, 9.17) is 5.11 Å². The lowest BCUT2D eigenvalue weighted by Gasteiger charge is -2.09. The molecule has 5 heteroatoms. The molecule has 0 fully saturated rings. The third-order valence-corrected chi connectivity index (χ3v) is 3.41. The molecule has 0 unspecified atom stereocenters. The summed E-state index contributed by atoms with van der Waals surface area (Å²) in [6.07, 6.45) is 0. The molecule has 0 aliphatic carbocycles. The first kappa shape index (κ1) is 12.8. The Morgan fingerprint density at radius 2 is 2.11 bits per heavy atom. The van der Waals surface area contributed by atoms with E-state index < -0.39 is 5.97 Å². The average Bonchev–Trinajstić information content (AvgIpc) is 2.77. The number of carbonyl (C=O) groups is 1. The van der Waals surface area contributed by atoms with Gasteiger partial charge in [0.15, 0.2) is 0 Å². The molecule has 0 bridgehead atoms. The summed E-state index contributed by atoms with van der Waals surface area (Å²) in [7, 11) is 0. The number of benzene rings is 1. The molecule has 1 heterocycles. The second-order valence-corrected chi connectivity index (χ2v) is 5.22. The highest BCUT2D eigenvalue weighted by molar-refractivity contribution is 9.10. The number of carboxylic acids is 1. The zero-order valence-corrected chi connectivity index (χ0v) is 11.7. The molecule has 0 saturated heterocycles. The van der Waals surface area contributed by atoms with Crippen molar-refractivity contribution < 1.29 is 9.90 Å². The minimum atomic E-state index is -1.01. The fourth-order valence-electron chi connectivity index (χ4n) is 1.73. The Balaban J connectivity index is 2.39. The lowest BCUT2D eigenvalue weighted by atomic mass is 10.0. The fraction of sp³-hybridized carbons (Fsp3) is 0.231. The number of hydrogen-bond acceptors (Lipinski definition) is 2. The zero-order valence-electron chi connectivity index (χ0n) is 10.1. The SMILES string of the molecule is CC(C)c1ccc(-c2cc(C(=O)O)[nH]n2)cc1Br. The molecular formula is C13H13BrN2O2. The minimum Gasteiger partial charge on any atom is -0.477 e. The average molecular weight is 309 g/mol. The quantitative estimate of drug-likeness (QED) is 0.909. The van der Waals surface area contributed by atoms with Crippen LogP contribution in [0.4, 0.5) is 0 Å². The third-order valence-electron chi connectivity index (χ3n) is 2.73. The Morgan fingerprint density at radius 3 is 2.61 bits per heavy atom. The van der Waals surface area contributed by atoms with Gasteiger partial charge in [0.2, 0.25) is 0 Å². The van der Waals surface area contributed by atoms with E-state index in [1.54, 1.807) is 0 Å². The van der Waals surface area contributed by atoms with Crippen LogP contribution in [0, 0.1) is 0 Å². The van der Waals surface area contributed by atoms with Crippen molar-refractivity contribution in [2.24, 2.45) is 0 Å². The van der Waals surface area contributed by atoms with Crippen molar-refractivity contribution in [2.45, 2.75) is 19.8 Å². The summed E-state index contributed by atoms with van der Waals surface area (Å²) in [5, 5.41) is 15.3. The van der Waals surface area contributed by atoms with Gasteiger partial charge in [-0.2, -0.15) is 5.10 Å². The smallest absolute Gasteiger partial charge is 0.353 e. The van der Waals surface area contributed by atoms with Gasteiger partial charge in [-0.1, -0.05) is 41.9 Å². The van der Waals surface area contributed by atoms with Gasteiger partial charge >= 0.3 is 5.97 Å². The second-order valence-electron chi connectivity index (χ2n) is 4.36. The molecule has 1 aromatic carbocycles. The first-order chi connectivity index (χ1) is 8.49. The van der Waals surface area contributed by atoms with E-state index in [0.29, 0.717) is 11.6 Å². The number of aromatic nitrogens is 2. The summed E-state index contributed by atoms with van der Waals surface area (Å²) < 4.78 is 1.01. The Morgan fingerprint density at radius 1 is 1.39 bits per heavy atom. The van der Waals surface area contributed by atoms with Crippen LogP contribution in [0.25, 0.3) is 11.3 Å². The predicted molar refractivity (Wildman–Crippen MR) is 72.8 cm³/mol. The van der Waals surface area contributed by atoms with Crippen LogP contribution >= 0.6 is 15.9 Å². The molecule has 4 nitrogen and oxygen atoms in total. The highest BCUT2D eigenvalue weighted by Crippen LogP contribution is 2.29. The van der Waals surface area contributed by atoms with Crippen molar-refractivity contribution in [3.05, 3.63) is 40.0 Å². The standard InChI is InChI=1S/C13H13BrN2O2/c1-7(2)9-4-3-8(5-10(9)14)11-6-12(13(17)18)16-15-11/h3-7H,1-2H3,(H,15,16)(H,17,18). The van der Waals surface area contributed by atoms with Crippen LogP contribution in [0.5, 0.6) is 0 Å². The van der Waals surface area contributed by atoms with Gasteiger partial charge in [-0.15, -0.1) is 0 Å². The van der Waals surface area contributed by atoms with E-state index in [-0.39, 0.29) is 5.69 Å². The topological polar surface area (TPSA) is 66.0 Å². The number of hydrogen-bond donors (Lipinski definition) is 2. The van der Waals surface area contributed by atoms with Crippen LogP contribution in [-0.4, -0.2) is 21.3 Å². The van der Waals surface area contributed by atoms with Gasteiger partial charge in [0.1, 0.15) is 5.69 Å². The summed E-state index contributed by atoms with van der Waals surface area (Å²) in [5.74, 6) is -0.575. The van der Waals surface area contributed by atoms with E-state index in [9.17, 15) is 4.79 Å². The molecule has 0 saturated carbocycles. The molecule has 2 aromatic rings. The van der Waals surface area contributed by atoms with Gasteiger partial charge in [0.25, 0.3) is 0 Å². The summed E-state index contributed by atoms with van der Waals surface area (Å²) in [6.45, 7) is 4.24. The van der Waals surface area contributed by atoms with E-state index in [1.165, 1.54) is 11.6 Å². The Hall–Kier alpha value is -1.62. The van der Waals surface area contributed by atoms with Crippen molar-refractivity contribution in [1.29, 1.82) is 0 Å². The van der Waals surface area contributed by atoms with Crippen molar-refractivity contribution in [1.82, 2.24) is 10.2 Å². The molecule has 0 radical (unpaired) electrons. The molecule has 2 rings (SSSR count). The summed E-state index contributed by atoms with van der Waals surface area (Å²) >= 11 is 3.53. The number of nitrogens with one attached hydrogen (secondary N) is 1. The largest absolute Gasteiger partial charge is 0.477 e. The van der Waals surface area contributed by atoms with Crippen LogP contribution in [0.15, 0.2) is 28.7 Å². The first-order valence-electron chi connectivity index (χ1n) is 5.57. The first-order valence-corrected chi connectivity index (χ1v) is 6.37. The number of rotatable bonds is 3. The van der Waals surface area contributed by atoms with Crippen LogP contribution in [-0.2, 0) is 0 Å². The van der Waals surface area contributed by atoms with Crippen molar-refractivity contribution >= 4 is 21.9 Å².